The van der Waals surface area contributed by atoms with Crippen molar-refractivity contribution in [3.05, 3.63) is 0 Å². The number of carbonyl (C=O) groups is 1. The molecule has 2 heterocycles. The number of carbonyl (C=O) groups excluding carboxylic acids is 1. The van der Waals surface area contributed by atoms with Crippen LogP contribution in [0.5, 0.6) is 0 Å². The summed E-state index contributed by atoms with van der Waals surface area (Å²) in [7, 11) is 0. The van der Waals surface area contributed by atoms with Crippen LogP contribution in [-0.2, 0) is 4.79 Å². The van der Waals surface area contributed by atoms with Gasteiger partial charge in [-0.3, -0.25) is 9.69 Å². The molecule has 2 rings (SSSR count). The second-order valence-corrected chi connectivity index (χ2v) is 6.59. The van der Waals surface area contributed by atoms with E-state index >= 15 is 0 Å². The standard InChI is InChI=1S/C16H31N3O/c1-14(2)17-9-6-7-16(20)19-12-8-15(13-19)18-10-4-3-5-11-18/h14-15,17H,3-13H2,1-2H3. The molecule has 0 saturated carbocycles. The lowest BCUT2D eigenvalue weighted by Crippen LogP contribution is -2.41. The fraction of sp³-hybridized carbons (Fsp3) is 0.938. The zero-order valence-corrected chi connectivity index (χ0v) is 13.2. The maximum absolute atomic E-state index is 12.2. The summed E-state index contributed by atoms with van der Waals surface area (Å²) in [4.78, 5) is 16.9. The van der Waals surface area contributed by atoms with Crippen LogP contribution in [0, 0.1) is 0 Å². The fourth-order valence-corrected chi connectivity index (χ4v) is 3.34. The molecule has 1 N–H and O–H groups in total. The minimum Gasteiger partial charge on any atom is -0.341 e. The first kappa shape index (κ1) is 15.8. The van der Waals surface area contributed by atoms with Crippen LogP contribution in [0.15, 0.2) is 0 Å². The number of amides is 1. The molecule has 2 aliphatic rings. The molecule has 0 aliphatic carbocycles. The van der Waals surface area contributed by atoms with Crippen LogP contribution in [0.25, 0.3) is 0 Å². The average Bonchev–Trinajstić information content (AvgIpc) is 2.94. The van der Waals surface area contributed by atoms with Crippen LogP contribution in [-0.4, -0.2) is 60.5 Å². The van der Waals surface area contributed by atoms with Crippen molar-refractivity contribution in [2.45, 2.75) is 64.5 Å². The molecule has 116 valence electrons. The monoisotopic (exact) mass is 281 g/mol. The Morgan fingerprint density at radius 2 is 1.95 bits per heavy atom. The Morgan fingerprint density at radius 1 is 1.20 bits per heavy atom. The average molecular weight is 281 g/mol. The van der Waals surface area contributed by atoms with E-state index in [0.29, 0.717) is 24.4 Å². The number of likely N-dealkylation sites (tertiary alicyclic amines) is 2. The van der Waals surface area contributed by atoms with Gasteiger partial charge in [-0.25, -0.2) is 0 Å². The summed E-state index contributed by atoms with van der Waals surface area (Å²) in [6.07, 6.45) is 6.90. The number of rotatable bonds is 6. The Labute approximate surface area is 123 Å². The van der Waals surface area contributed by atoms with Gasteiger partial charge in [0.15, 0.2) is 0 Å². The maximum atomic E-state index is 12.2. The largest absolute Gasteiger partial charge is 0.341 e. The zero-order chi connectivity index (χ0) is 14.4. The van der Waals surface area contributed by atoms with E-state index in [1.807, 2.05) is 0 Å². The van der Waals surface area contributed by atoms with E-state index in [2.05, 4.69) is 29.0 Å². The molecule has 2 aliphatic heterocycles. The minimum atomic E-state index is 0.357. The molecule has 1 amide bonds. The molecule has 1 unspecified atom stereocenters. The molecule has 0 aromatic rings. The first-order chi connectivity index (χ1) is 9.66. The molecule has 0 bridgehead atoms. The van der Waals surface area contributed by atoms with Gasteiger partial charge in [0, 0.05) is 31.6 Å². The van der Waals surface area contributed by atoms with Crippen molar-refractivity contribution in [2.75, 3.05) is 32.7 Å². The Bertz CT molecular complexity index is 300. The molecule has 2 fully saturated rings. The predicted molar refractivity (Wildman–Crippen MR) is 82.8 cm³/mol. The SMILES string of the molecule is CC(C)NCCCC(=O)N1CCC(N2CCCCC2)C1. The second kappa shape index (κ2) is 7.99. The topological polar surface area (TPSA) is 35.6 Å². The van der Waals surface area contributed by atoms with E-state index in [1.54, 1.807) is 0 Å². The lowest BCUT2D eigenvalue weighted by atomic mass is 10.1. The zero-order valence-electron chi connectivity index (χ0n) is 13.2. The van der Waals surface area contributed by atoms with E-state index < -0.39 is 0 Å². The molecular weight excluding hydrogens is 250 g/mol. The van der Waals surface area contributed by atoms with Crippen LogP contribution in [0.4, 0.5) is 0 Å². The van der Waals surface area contributed by atoms with Crippen molar-refractivity contribution in [3.63, 3.8) is 0 Å². The molecule has 4 nitrogen and oxygen atoms in total. The summed E-state index contributed by atoms with van der Waals surface area (Å²) in [5.74, 6) is 0.357. The third-order valence-corrected chi connectivity index (χ3v) is 4.54. The Balaban J connectivity index is 1.65. The third-order valence-electron chi connectivity index (χ3n) is 4.54. The van der Waals surface area contributed by atoms with Crippen molar-refractivity contribution in [1.29, 1.82) is 0 Å². The maximum Gasteiger partial charge on any atom is 0.222 e. The molecule has 0 radical (unpaired) electrons. The van der Waals surface area contributed by atoms with Crippen LogP contribution in [0.1, 0.15) is 52.4 Å². The Kier molecular flexibility index (Phi) is 6.30. The van der Waals surface area contributed by atoms with Gasteiger partial charge < -0.3 is 10.2 Å². The second-order valence-electron chi connectivity index (χ2n) is 6.59. The first-order valence-electron chi connectivity index (χ1n) is 8.42. The number of piperidine rings is 1. The van der Waals surface area contributed by atoms with Crippen molar-refractivity contribution < 1.29 is 4.79 Å². The number of nitrogens with zero attached hydrogens (tertiary/aromatic N) is 2. The predicted octanol–water partition coefficient (Wildman–Crippen LogP) is 1.85. The molecule has 2 saturated heterocycles. The van der Waals surface area contributed by atoms with Gasteiger partial charge in [0.05, 0.1) is 0 Å². The van der Waals surface area contributed by atoms with E-state index in [4.69, 9.17) is 0 Å². The molecule has 0 aromatic carbocycles. The smallest absolute Gasteiger partial charge is 0.222 e. The highest BCUT2D eigenvalue weighted by Crippen LogP contribution is 2.20. The van der Waals surface area contributed by atoms with Gasteiger partial charge in [0.25, 0.3) is 0 Å². The summed E-state index contributed by atoms with van der Waals surface area (Å²) in [6, 6.07) is 1.15. The van der Waals surface area contributed by atoms with E-state index in [1.165, 1.54) is 38.8 Å². The quantitative estimate of drug-likeness (QED) is 0.755. The van der Waals surface area contributed by atoms with Gasteiger partial charge in [0.1, 0.15) is 0 Å². The van der Waals surface area contributed by atoms with Crippen LogP contribution in [0.2, 0.25) is 0 Å². The van der Waals surface area contributed by atoms with E-state index in [9.17, 15) is 4.79 Å². The third kappa shape index (κ3) is 4.74. The lowest BCUT2D eigenvalue weighted by Gasteiger charge is -2.32. The van der Waals surface area contributed by atoms with Gasteiger partial charge in [0.2, 0.25) is 5.91 Å². The van der Waals surface area contributed by atoms with Crippen LogP contribution < -0.4 is 5.32 Å². The van der Waals surface area contributed by atoms with Gasteiger partial charge in [-0.15, -0.1) is 0 Å². The number of nitrogens with one attached hydrogen (secondary N) is 1. The highest BCUT2D eigenvalue weighted by atomic mass is 16.2. The number of hydrogen-bond acceptors (Lipinski definition) is 3. The van der Waals surface area contributed by atoms with Crippen molar-refractivity contribution in [1.82, 2.24) is 15.1 Å². The highest BCUT2D eigenvalue weighted by Gasteiger charge is 2.30. The van der Waals surface area contributed by atoms with Gasteiger partial charge in [-0.05, 0) is 45.3 Å². The first-order valence-corrected chi connectivity index (χ1v) is 8.42. The fourth-order valence-electron chi connectivity index (χ4n) is 3.34. The van der Waals surface area contributed by atoms with Crippen LogP contribution in [0.3, 0.4) is 0 Å². The van der Waals surface area contributed by atoms with E-state index in [-0.39, 0.29) is 0 Å². The van der Waals surface area contributed by atoms with Gasteiger partial charge >= 0.3 is 0 Å². The molecule has 0 spiro atoms. The molecule has 0 aromatic heterocycles. The Morgan fingerprint density at radius 3 is 2.65 bits per heavy atom. The molecule has 1 atom stereocenters. The van der Waals surface area contributed by atoms with Crippen molar-refractivity contribution in [2.24, 2.45) is 0 Å². The van der Waals surface area contributed by atoms with Gasteiger partial charge in [-0.2, -0.15) is 0 Å². The summed E-state index contributed by atoms with van der Waals surface area (Å²) in [5, 5.41) is 3.37. The summed E-state index contributed by atoms with van der Waals surface area (Å²) < 4.78 is 0. The number of hydrogen-bond donors (Lipinski definition) is 1. The highest BCUT2D eigenvalue weighted by molar-refractivity contribution is 5.76. The van der Waals surface area contributed by atoms with Crippen LogP contribution >= 0.6 is 0 Å². The summed E-state index contributed by atoms with van der Waals surface area (Å²) in [6.45, 7) is 9.66. The molecular formula is C16H31N3O. The van der Waals surface area contributed by atoms with Gasteiger partial charge in [-0.1, -0.05) is 20.3 Å². The van der Waals surface area contributed by atoms with Crippen molar-refractivity contribution in [3.8, 4) is 0 Å². The summed E-state index contributed by atoms with van der Waals surface area (Å²) in [5.41, 5.74) is 0. The Hall–Kier alpha value is -0.610. The summed E-state index contributed by atoms with van der Waals surface area (Å²) >= 11 is 0. The lowest BCUT2D eigenvalue weighted by molar-refractivity contribution is -0.130. The molecule has 4 heteroatoms. The van der Waals surface area contributed by atoms with E-state index in [0.717, 1.165) is 26.1 Å². The molecule has 20 heavy (non-hydrogen) atoms. The minimum absolute atomic E-state index is 0.357. The van der Waals surface area contributed by atoms with Crippen molar-refractivity contribution >= 4 is 5.91 Å². The normalized spacial score (nSPS) is 24.6.